The number of nitrogens with zero attached hydrogens (tertiary/aromatic N) is 2. The molecule has 1 aromatic carbocycles. The molecule has 132 valence electrons. The van der Waals surface area contributed by atoms with Crippen LogP contribution in [0.1, 0.15) is 6.42 Å². The van der Waals surface area contributed by atoms with Gasteiger partial charge in [0.1, 0.15) is 5.75 Å². The number of thiocarbonyl (C=S) groups is 1. The number of anilines is 1. The molecule has 2 N–H and O–H groups in total. The van der Waals surface area contributed by atoms with Crippen LogP contribution in [-0.2, 0) is 4.74 Å². The fourth-order valence-electron chi connectivity index (χ4n) is 2.34. The first-order chi connectivity index (χ1) is 11.6. The fourth-order valence-corrected chi connectivity index (χ4v) is 2.81. The normalized spacial score (nSPS) is 13.8. The molecule has 24 heavy (non-hydrogen) atoms. The zero-order valence-electron chi connectivity index (χ0n) is 13.7. The molecular formula is C15H21ClN4O3S. The third-order valence-electron chi connectivity index (χ3n) is 3.49. The molecule has 1 aliphatic heterocycles. The van der Waals surface area contributed by atoms with Crippen molar-refractivity contribution in [2.45, 2.75) is 6.42 Å². The third kappa shape index (κ3) is 4.62. The molecule has 2 rings (SSSR count). The first-order valence-electron chi connectivity index (χ1n) is 7.53. The number of nitrogens with one attached hydrogen (secondary N) is 2. The SMILES string of the molecule is COCCNC(=S)N1CCCN1C(=O)Nc1cc(Cl)ccc1OC. The summed E-state index contributed by atoms with van der Waals surface area (Å²) in [6.07, 6.45) is 0.839. The van der Waals surface area contributed by atoms with Crippen LogP contribution >= 0.6 is 23.8 Å². The molecule has 0 radical (unpaired) electrons. The number of urea groups is 1. The number of methoxy groups -OCH3 is 2. The lowest BCUT2D eigenvalue weighted by atomic mass is 10.3. The highest BCUT2D eigenvalue weighted by molar-refractivity contribution is 7.80. The first kappa shape index (κ1) is 18.6. The molecule has 0 bridgehead atoms. The van der Waals surface area contributed by atoms with Gasteiger partial charge in [0.05, 0.1) is 19.4 Å². The van der Waals surface area contributed by atoms with Crippen molar-refractivity contribution in [2.24, 2.45) is 0 Å². The highest BCUT2D eigenvalue weighted by atomic mass is 35.5. The van der Waals surface area contributed by atoms with Gasteiger partial charge in [-0.3, -0.25) is 5.01 Å². The number of rotatable bonds is 5. The van der Waals surface area contributed by atoms with E-state index in [0.717, 1.165) is 6.42 Å². The minimum atomic E-state index is -0.288. The topological polar surface area (TPSA) is 66.1 Å². The van der Waals surface area contributed by atoms with Gasteiger partial charge in [-0.15, -0.1) is 0 Å². The van der Waals surface area contributed by atoms with Gasteiger partial charge in [-0.2, -0.15) is 0 Å². The molecule has 7 nitrogen and oxygen atoms in total. The van der Waals surface area contributed by atoms with Crippen LogP contribution in [0.2, 0.25) is 5.02 Å². The number of benzene rings is 1. The average molecular weight is 373 g/mol. The quantitative estimate of drug-likeness (QED) is 0.611. The molecule has 0 aromatic heterocycles. The fraction of sp³-hybridized carbons (Fsp3) is 0.467. The van der Waals surface area contributed by atoms with Gasteiger partial charge in [0.25, 0.3) is 0 Å². The highest BCUT2D eigenvalue weighted by Crippen LogP contribution is 2.28. The maximum Gasteiger partial charge on any atom is 0.340 e. The standard InChI is InChI=1S/C15H21ClN4O3S/c1-22-9-6-17-15(24)20-8-3-7-19(20)14(21)18-12-10-11(16)4-5-13(12)23-2/h4-5,10H,3,6-9H2,1-2H3,(H,17,24)(H,18,21). The largest absolute Gasteiger partial charge is 0.495 e. The second-order valence-electron chi connectivity index (χ2n) is 5.10. The zero-order chi connectivity index (χ0) is 17.5. The molecule has 1 saturated heterocycles. The van der Waals surface area contributed by atoms with E-state index in [-0.39, 0.29) is 6.03 Å². The minimum Gasteiger partial charge on any atom is -0.495 e. The summed E-state index contributed by atoms with van der Waals surface area (Å²) in [5.74, 6) is 0.541. The summed E-state index contributed by atoms with van der Waals surface area (Å²) in [6, 6.07) is 4.77. The number of hydrogen-bond donors (Lipinski definition) is 2. The van der Waals surface area contributed by atoms with Crippen LogP contribution in [0.15, 0.2) is 18.2 Å². The summed E-state index contributed by atoms with van der Waals surface area (Å²) >= 11 is 11.3. The van der Waals surface area contributed by atoms with Crippen molar-refractivity contribution in [3.05, 3.63) is 23.2 Å². The minimum absolute atomic E-state index is 0.288. The molecule has 0 aliphatic carbocycles. The van der Waals surface area contributed by atoms with Gasteiger partial charge in [-0.05, 0) is 36.8 Å². The summed E-state index contributed by atoms with van der Waals surface area (Å²) in [5, 5.41) is 10.2. The van der Waals surface area contributed by atoms with Gasteiger partial charge in [0.15, 0.2) is 5.11 Å². The van der Waals surface area contributed by atoms with Gasteiger partial charge in [-0.25, -0.2) is 9.80 Å². The number of halogens is 1. The van der Waals surface area contributed by atoms with Gasteiger partial charge in [-0.1, -0.05) is 11.6 Å². The molecule has 0 atom stereocenters. The van der Waals surface area contributed by atoms with E-state index in [9.17, 15) is 4.79 Å². The number of carbonyl (C=O) groups excluding carboxylic acids is 1. The van der Waals surface area contributed by atoms with E-state index in [1.165, 1.54) is 7.11 Å². The summed E-state index contributed by atoms with van der Waals surface area (Å²) in [4.78, 5) is 12.6. The Morgan fingerprint density at radius 1 is 1.33 bits per heavy atom. The molecule has 9 heteroatoms. The maximum atomic E-state index is 12.6. The van der Waals surface area contributed by atoms with Crippen molar-refractivity contribution >= 4 is 40.6 Å². The Bertz CT molecular complexity index is 602. The predicted octanol–water partition coefficient (Wildman–Crippen LogP) is 2.32. The maximum absolute atomic E-state index is 12.6. The Kier molecular flexibility index (Phi) is 6.89. The molecule has 1 fully saturated rings. The van der Waals surface area contributed by atoms with Gasteiger partial charge >= 0.3 is 6.03 Å². The van der Waals surface area contributed by atoms with Gasteiger partial charge < -0.3 is 20.1 Å². The molecule has 0 spiro atoms. The number of hydrazine groups is 1. The second-order valence-corrected chi connectivity index (χ2v) is 5.92. The van der Waals surface area contributed by atoms with Gasteiger partial charge in [0, 0.05) is 31.8 Å². The molecule has 0 saturated carbocycles. The van der Waals surface area contributed by atoms with Crippen LogP contribution < -0.4 is 15.4 Å². The molecule has 1 heterocycles. The van der Waals surface area contributed by atoms with E-state index in [4.69, 9.17) is 33.3 Å². The van der Waals surface area contributed by atoms with Crippen LogP contribution in [0.4, 0.5) is 10.5 Å². The zero-order valence-corrected chi connectivity index (χ0v) is 15.2. The molecule has 2 amide bonds. The van der Waals surface area contributed by atoms with Crippen molar-refractivity contribution < 1.29 is 14.3 Å². The van der Waals surface area contributed by atoms with Crippen molar-refractivity contribution in [2.75, 3.05) is 45.8 Å². The van der Waals surface area contributed by atoms with Crippen LogP contribution in [0, 0.1) is 0 Å². The van der Waals surface area contributed by atoms with Crippen molar-refractivity contribution in [3.8, 4) is 5.75 Å². The lowest BCUT2D eigenvalue weighted by molar-refractivity contribution is 0.134. The Morgan fingerprint density at radius 2 is 2.08 bits per heavy atom. The van der Waals surface area contributed by atoms with E-state index in [2.05, 4.69) is 10.6 Å². The van der Waals surface area contributed by atoms with Crippen molar-refractivity contribution in [3.63, 3.8) is 0 Å². The number of amides is 2. The number of carbonyl (C=O) groups is 1. The Hall–Kier alpha value is -1.77. The van der Waals surface area contributed by atoms with Crippen molar-refractivity contribution in [1.29, 1.82) is 0 Å². The lowest BCUT2D eigenvalue weighted by Gasteiger charge is -2.30. The monoisotopic (exact) mass is 372 g/mol. The summed E-state index contributed by atoms with van der Waals surface area (Å²) < 4.78 is 10.2. The van der Waals surface area contributed by atoms with Crippen LogP contribution in [-0.4, -0.2) is 61.6 Å². The Labute approximate surface area is 151 Å². The molecule has 1 aromatic rings. The van der Waals surface area contributed by atoms with E-state index < -0.39 is 0 Å². The van der Waals surface area contributed by atoms with Crippen LogP contribution in [0.3, 0.4) is 0 Å². The first-order valence-corrected chi connectivity index (χ1v) is 8.31. The van der Waals surface area contributed by atoms with E-state index in [1.807, 2.05) is 0 Å². The predicted molar refractivity (Wildman–Crippen MR) is 97.5 cm³/mol. The van der Waals surface area contributed by atoms with E-state index in [1.54, 1.807) is 35.3 Å². The van der Waals surface area contributed by atoms with Gasteiger partial charge in [0.2, 0.25) is 0 Å². The summed E-state index contributed by atoms with van der Waals surface area (Å²) in [5.41, 5.74) is 0.514. The van der Waals surface area contributed by atoms with E-state index in [0.29, 0.717) is 47.8 Å². The molecule has 0 unspecified atom stereocenters. The van der Waals surface area contributed by atoms with Crippen molar-refractivity contribution in [1.82, 2.24) is 15.3 Å². The molecular weight excluding hydrogens is 352 g/mol. The smallest absolute Gasteiger partial charge is 0.340 e. The Morgan fingerprint density at radius 3 is 2.79 bits per heavy atom. The Balaban J connectivity index is 2.03. The van der Waals surface area contributed by atoms with Crippen LogP contribution in [0.5, 0.6) is 5.75 Å². The van der Waals surface area contributed by atoms with E-state index >= 15 is 0 Å². The summed E-state index contributed by atoms with van der Waals surface area (Å²) in [7, 11) is 3.16. The van der Waals surface area contributed by atoms with Crippen LogP contribution in [0.25, 0.3) is 0 Å². The molecule has 1 aliphatic rings. The number of hydrogen-bond acceptors (Lipinski definition) is 4. The lowest BCUT2D eigenvalue weighted by Crippen LogP contribution is -2.50. The average Bonchev–Trinajstić information content (AvgIpc) is 3.05. The second kappa shape index (κ2) is 8.91. The number of ether oxygens (including phenoxy) is 2. The highest BCUT2D eigenvalue weighted by Gasteiger charge is 2.29. The summed E-state index contributed by atoms with van der Waals surface area (Å²) in [6.45, 7) is 2.39. The third-order valence-corrected chi connectivity index (χ3v) is 4.08.